The number of carbonyl (C=O) groups excluding carboxylic acids is 3. The van der Waals surface area contributed by atoms with Gasteiger partial charge in [-0.25, -0.2) is 9.69 Å². The molecule has 1 saturated heterocycles. The van der Waals surface area contributed by atoms with E-state index in [-0.39, 0.29) is 22.9 Å². The average Bonchev–Trinajstić information content (AvgIpc) is 2.82. The largest absolute Gasteiger partial charge is 0.497 e. The number of halogens is 3. The van der Waals surface area contributed by atoms with E-state index in [9.17, 15) is 14.4 Å². The molecule has 0 saturated carbocycles. The van der Waals surface area contributed by atoms with Crippen molar-refractivity contribution < 1.29 is 23.9 Å². The molecule has 35 heavy (non-hydrogen) atoms. The number of ether oxygens (including phenoxy) is 2. The van der Waals surface area contributed by atoms with Gasteiger partial charge in [0.15, 0.2) is 0 Å². The number of nitrogens with zero attached hydrogens (tertiary/aromatic N) is 1. The third kappa shape index (κ3) is 5.27. The Morgan fingerprint density at radius 3 is 2.43 bits per heavy atom. The van der Waals surface area contributed by atoms with Gasteiger partial charge in [0.05, 0.1) is 17.8 Å². The monoisotopic (exact) mass is 530 g/mol. The standard InChI is InChI=1S/C25H17Cl3N2O5/c1-34-17-9-7-14(22(12-17)35-13-15-6-8-16(26)11-20(15)28)10-18-23(31)29-25(33)30(24(18)32)21-5-3-2-4-19(21)27/h2-12H,13H2,1H3,(H,29,31,33)/b18-10+. The fraction of sp³-hybridized carbons (Fsp3) is 0.0800. The van der Waals surface area contributed by atoms with Crippen LogP contribution in [0.15, 0.2) is 66.2 Å². The maximum atomic E-state index is 13.2. The molecule has 1 fully saturated rings. The second kappa shape index (κ2) is 10.4. The van der Waals surface area contributed by atoms with E-state index in [1.807, 2.05) is 0 Å². The number of hydrogen-bond donors (Lipinski definition) is 1. The Hall–Kier alpha value is -3.52. The second-order valence-electron chi connectivity index (χ2n) is 7.34. The van der Waals surface area contributed by atoms with Gasteiger partial charge in [0.25, 0.3) is 11.8 Å². The van der Waals surface area contributed by atoms with Crippen molar-refractivity contribution in [1.29, 1.82) is 0 Å². The molecular weight excluding hydrogens is 515 g/mol. The van der Waals surface area contributed by atoms with Crippen LogP contribution in [-0.2, 0) is 16.2 Å². The lowest BCUT2D eigenvalue weighted by Crippen LogP contribution is -2.54. The van der Waals surface area contributed by atoms with Crippen molar-refractivity contribution in [3.8, 4) is 11.5 Å². The first-order valence-electron chi connectivity index (χ1n) is 10.2. The summed E-state index contributed by atoms with van der Waals surface area (Å²) >= 11 is 18.4. The van der Waals surface area contributed by atoms with Gasteiger partial charge >= 0.3 is 6.03 Å². The number of barbiturate groups is 1. The molecule has 0 unspecified atom stereocenters. The molecule has 0 aliphatic carbocycles. The molecule has 0 atom stereocenters. The van der Waals surface area contributed by atoms with E-state index in [4.69, 9.17) is 44.3 Å². The van der Waals surface area contributed by atoms with Crippen LogP contribution >= 0.6 is 34.8 Å². The predicted molar refractivity (Wildman–Crippen MR) is 134 cm³/mol. The summed E-state index contributed by atoms with van der Waals surface area (Å²) in [4.78, 5) is 39.1. The summed E-state index contributed by atoms with van der Waals surface area (Å²) in [5.41, 5.74) is 0.963. The Bertz CT molecular complexity index is 1370. The molecule has 0 bridgehead atoms. The fourth-order valence-electron chi connectivity index (χ4n) is 3.34. The number of anilines is 1. The van der Waals surface area contributed by atoms with Gasteiger partial charge in [0.2, 0.25) is 0 Å². The lowest BCUT2D eigenvalue weighted by Gasteiger charge is -2.27. The van der Waals surface area contributed by atoms with Crippen LogP contribution in [0.4, 0.5) is 10.5 Å². The molecular formula is C25H17Cl3N2O5. The Morgan fingerprint density at radius 1 is 0.943 bits per heavy atom. The maximum absolute atomic E-state index is 13.2. The molecule has 1 N–H and O–H groups in total. The second-order valence-corrected chi connectivity index (χ2v) is 8.59. The molecule has 7 nitrogen and oxygen atoms in total. The summed E-state index contributed by atoms with van der Waals surface area (Å²) < 4.78 is 11.2. The fourth-order valence-corrected chi connectivity index (χ4v) is 4.03. The van der Waals surface area contributed by atoms with Crippen molar-refractivity contribution in [2.45, 2.75) is 6.61 Å². The van der Waals surface area contributed by atoms with Crippen molar-refractivity contribution in [2.24, 2.45) is 0 Å². The van der Waals surface area contributed by atoms with Gasteiger partial charge in [-0.2, -0.15) is 0 Å². The number of rotatable bonds is 6. The number of methoxy groups -OCH3 is 1. The highest BCUT2D eigenvalue weighted by Gasteiger charge is 2.37. The van der Waals surface area contributed by atoms with Crippen LogP contribution in [0.25, 0.3) is 6.08 Å². The van der Waals surface area contributed by atoms with Gasteiger partial charge in [-0.3, -0.25) is 14.9 Å². The summed E-state index contributed by atoms with van der Waals surface area (Å²) in [6.45, 7) is 0.0870. The maximum Gasteiger partial charge on any atom is 0.335 e. The number of para-hydroxylation sites is 1. The number of hydrogen-bond acceptors (Lipinski definition) is 5. The molecule has 4 rings (SSSR count). The van der Waals surface area contributed by atoms with Crippen LogP contribution in [0.2, 0.25) is 15.1 Å². The normalized spacial score (nSPS) is 14.8. The highest BCUT2D eigenvalue weighted by molar-refractivity contribution is 6.42. The van der Waals surface area contributed by atoms with E-state index >= 15 is 0 Å². The van der Waals surface area contributed by atoms with E-state index < -0.39 is 17.8 Å². The number of amides is 4. The third-order valence-corrected chi connectivity index (χ3v) is 6.02. The number of carbonyl (C=O) groups is 3. The summed E-state index contributed by atoms with van der Waals surface area (Å²) in [6.07, 6.45) is 1.34. The number of benzene rings is 3. The van der Waals surface area contributed by atoms with Crippen LogP contribution in [0.3, 0.4) is 0 Å². The van der Waals surface area contributed by atoms with E-state index in [1.165, 1.54) is 25.3 Å². The lowest BCUT2D eigenvalue weighted by molar-refractivity contribution is -0.122. The summed E-state index contributed by atoms with van der Waals surface area (Å²) in [5.74, 6) is -0.846. The zero-order valence-corrected chi connectivity index (χ0v) is 20.4. The Labute approximate surface area is 215 Å². The van der Waals surface area contributed by atoms with Crippen molar-refractivity contribution >= 4 is 64.4 Å². The van der Waals surface area contributed by atoms with Crippen LogP contribution in [0.5, 0.6) is 11.5 Å². The molecule has 4 amide bonds. The zero-order valence-electron chi connectivity index (χ0n) is 18.2. The Kier molecular flexibility index (Phi) is 7.31. The molecule has 3 aromatic rings. The minimum Gasteiger partial charge on any atom is -0.497 e. The summed E-state index contributed by atoms with van der Waals surface area (Å²) in [5, 5.41) is 3.27. The minimum atomic E-state index is -0.895. The molecule has 0 spiro atoms. The molecule has 1 heterocycles. The summed E-state index contributed by atoms with van der Waals surface area (Å²) in [6, 6.07) is 15.3. The third-order valence-electron chi connectivity index (χ3n) is 5.11. The van der Waals surface area contributed by atoms with Crippen LogP contribution in [-0.4, -0.2) is 25.0 Å². The number of imide groups is 2. The first-order chi connectivity index (χ1) is 16.8. The smallest absolute Gasteiger partial charge is 0.335 e. The minimum absolute atomic E-state index is 0.0870. The lowest BCUT2D eigenvalue weighted by atomic mass is 10.1. The average molecular weight is 532 g/mol. The van der Waals surface area contributed by atoms with Gasteiger partial charge in [0.1, 0.15) is 23.7 Å². The predicted octanol–water partition coefficient (Wildman–Crippen LogP) is 5.90. The van der Waals surface area contributed by atoms with Crippen molar-refractivity contribution in [2.75, 3.05) is 12.0 Å². The van der Waals surface area contributed by atoms with Gasteiger partial charge in [0, 0.05) is 27.2 Å². The first kappa shape index (κ1) is 24.6. The van der Waals surface area contributed by atoms with E-state index in [0.717, 1.165) is 4.90 Å². The quantitative estimate of drug-likeness (QED) is 0.316. The van der Waals surface area contributed by atoms with Gasteiger partial charge < -0.3 is 9.47 Å². The van der Waals surface area contributed by atoms with Crippen molar-refractivity contribution in [3.05, 3.63) is 92.4 Å². The number of urea groups is 1. The van der Waals surface area contributed by atoms with Gasteiger partial charge in [-0.05, 0) is 42.5 Å². The molecule has 3 aromatic carbocycles. The molecule has 0 radical (unpaired) electrons. The van der Waals surface area contributed by atoms with Crippen LogP contribution < -0.4 is 19.7 Å². The highest BCUT2D eigenvalue weighted by Crippen LogP contribution is 2.32. The zero-order chi connectivity index (χ0) is 25.1. The Morgan fingerprint density at radius 2 is 1.71 bits per heavy atom. The van der Waals surface area contributed by atoms with E-state index in [2.05, 4.69) is 5.32 Å². The number of nitrogens with one attached hydrogen (secondary N) is 1. The molecule has 0 aromatic heterocycles. The molecule has 10 heteroatoms. The van der Waals surface area contributed by atoms with Gasteiger partial charge in [-0.1, -0.05) is 53.0 Å². The first-order valence-corrected chi connectivity index (χ1v) is 11.3. The Balaban J connectivity index is 1.70. The van der Waals surface area contributed by atoms with E-state index in [1.54, 1.807) is 48.5 Å². The summed E-state index contributed by atoms with van der Waals surface area (Å²) in [7, 11) is 1.50. The van der Waals surface area contributed by atoms with E-state index in [0.29, 0.717) is 32.7 Å². The van der Waals surface area contributed by atoms with Gasteiger partial charge in [-0.15, -0.1) is 0 Å². The van der Waals surface area contributed by atoms with Crippen LogP contribution in [0, 0.1) is 0 Å². The van der Waals surface area contributed by atoms with Crippen LogP contribution in [0.1, 0.15) is 11.1 Å². The SMILES string of the molecule is COc1ccc(/C=C2\C(=O)NC(=O)N(c3ccccc3Cl)C2=O)c(OCc2ccc(Cl)cc2Cl)c1. The van der Waals surface area contributed by atoms with Crippen molar-refractivity contribution in [1.82, 2.24) is 5.32 Å². The highest BCUT2D eigenvalue weighted by atomic mass is 35.5. The molecule has 1 aliphatic rings. The molecule has 1 aliphatic heterocycles. The van der Waals surface area contributed by atoms with Crippen molar-refractivity contribution in [3.63, 3.8) is 0 Å². The topological polar surface area (TPSA) is 84.9 Å². The molecule has 178 valence electrons.